The van der Waals surface area contributed by atoms with Crippen molar-refractivity contribution in [1.82, 2.24) is 0 Å². The first-order valence-electron chi connectivity index (χ1n) is 8.65. The summed E-state index contributed by atoms with van der Waals surface area (Å²) < 4.78 is 5.89. The highest BCUT2D eigenvalue weighted by Crippen LogP contribution is 2.38. The fraction of sp³-hybridized carbons (Fsp3) is 0.250. The second kappa shape index (κ2) is 8.59. The lowest BCUT2D eigenvalue weighted by molar-refractivity contribution is -0.112. The molecule has 0 saturated carbocycles. The SMILES string of the molecule is COc1ccc(C=C(C#N)C(=O)Nc2sc3c(c2C(N)=O)CCCC3)cc1Br. The van der Waals surface area contributed by atoms with Gasteiger partial charge in [-0.2, -0.15) is 5.26 Å². The van der Waals surface area contributed by atoms with E-state index in [9.17, 15) is 14.9 Å². The second-order valence-corrected chi connectivity index (χ2v) is 8.26. The first-order valence-corrected chi connectivity index (χ1v) is 10.3. The molecule has 0 unspecified atom stereocenters. The van der Waals surface area contributed by atoms with Gasteiger partial charge >= 0.3 is 0 Å². The Morgan fingerprint density at radius 2 is 2.11 bits per heavy atom. The maximum Gasteiger partial charge on any atom is 0.266 e. The van der Waals surface area contributed by atoms with Gasteiger partial charge in [0, 0.05) is 4.88 Å². The van der Waals surface area contributed by atoms with Crippen LogP contribution in [0.3, 0.4) is 0 Å². The Bertz CT molecular complexity index is 1020. The van der Waals surface area contributed by atoms with Crippen molar-refractivity contribution in [3.05, 3.63) is 49.8 Å². The first kappa shape index (κ1) is 20.1. The third-order valence-corrected chi connectivity index (χ3v) is 6.32. The summed E-state index contributed by atoms with van der Waals surface area (Å²) in [6, 6.07) is 7.15. The van der Waals surface area contributed by atoms with Crippen molar-refractivity contribution < 1.29 is 14.3 Å². The lowest BCUT2D eigenvalue weighted by Gasteiger charge is -2.11. The van der Waals surface area contributed by atoms with E-state index < -0.39 is 11.8 Å². The van der Waals surface area contributed by atoms with E-state index in [1.807, 2.05) is 6.07 Å². The third kappa shape index (κ3) is 4.11. The van der Waals surface area contributed by atoms with Crippen LogP contribution in [0.25, 0.3) is 6.08 Å². The van der Waals surface area contributed by atoms with Gasteiger partial charge in [0.05, 0.1) is 17.1 Å². The number of ether oxygens (including phenoxy) is 1. The van der Waals surface area contributed by atoms with E-state index in [-0.39, 0.29) is 5.57 Å². The molecule has 0 spiro atoms. The predicted molar refractivity (Wildman–Crippen MR) is 112 cm³/mol. The summed E-state index contributed by atoms with van der Waals surface area (Å²) in [4.78, 5) is 25.7. The number of thiophene rings is 1. The Labute approximate surface area is 175 Å². The van der Waals surface area contributed by atoms with E-state index in [2.05, 4.69) is 21.2 Å². The Morgan fingerprint density at radius 1 is 1.36 bits per heavy atom. The maximum atomic E-state index is 12.7. The van der Waals surface area contributed by atoms with E-state index in [0.29, 0.717) is 26.4 Å². The van der Waals surface area contributed by atoms with Crippen LogP contribution in [-0.4, -0.2) is 18.9 Å². The number of nitriles is 1. The van der Waals surface area contributed by atoms with Crippen LogP contribution >= 0.6 is 27.3 Å². The number of nitrogens with zero attached hydrogens (tertiary/aromatic N) is 1. The van der Waals surface area contributed by atoms with Crippen LogP contribution in [0.2, 0.25) is 0 Å². The van der Waals surface area contributed by atoms with Gasteiger partial charge in [0.1, 0.15) is 22.4 Å². The largest absolute Gasteiger partial charge is 0.496 e. The summed E-state index contributed by atoms with van der Waals surface area (Å²) in [5, 5.41) is 12.6. The second-order valence-electron chi connectivity index (χ2n) is 6.30. The number of aryl methyl sites for hydroxylation is 1. The average Bonchev–Trinajstić information content (AvgIpc) is 3.04. The van der Waals surface area contributed by atoms with Crippen molar-refractivity contribution >= 4 is 50.2 Å². The summed E-state index contributed by atoms with van der Waals surface area (Å²) in [7, 11) is 1.56. The number of hydrogen-bond donors (Lipinski definition) is 2. The van der Waals surface area contributed by atoms with Gasteiger partial charge < -0.3 is 15.8 Å². The minimum absolute atomic E-state index is 0.0705. The quantitative estimate of drug-likeness (QED) is 0.519. The zero-order chi connectivity index (χ0) is 20.3. The van der Waals surface area contributed by atoms with Gasteiger partial charge in [-0.15, -0.1) is 11.3 Å². The normalized spacial score (nSPS) is 13.4. The molecular weight excluding hydrogens is 442 g/mol. The van der Waals surface area contributed by atoms with Gasteiger partial charge in [-0.1, -0.05) is 6.07 Å². The van der Waals surface area contributed by atoms with E-state index in [4.69, 9.17) is 10.5 Å². The highest BCUT2D eigenvalue weighted by atomic mass is 79.9. The summed E-state index contributed by atoms with van der Waals surface area (Å²) in [6.45, 7) is 0. The number of benzene rings is 1. The van der Waals surface area contributed by atoms with Crippen LogP contribution in [-0.2, 0) is 17.6 Å². The number of nitrogens with two attached hydrogens (primary N) is 1. The fourth-order valence-electron chi connectivity index (χ4n) is 3.17. The molecular formula is C20H18BrN3O3S. The van der Waals surface area contributed by atoms with Crippen molar-refractivity contribution in [3.63, 3.8) is 0 Å². The summed E-state index contributed by atoms with van der Waals surface area (Å²) in [6.07, 6.45) is 5.18. The number of fused-ring (bicyclic) bond motifs is 1. The number of rotatable bonds is 5. The molecule has 2 amide bonds. The lowest BCUT2D eigenvalue weighted by Crippen LogP contribution is -2.19. The Balaban J connectivity index is 1.89. The molecule has 28 heavy (non-hydrogen) atoms. The molecule has 3 N–H and O–H groups in total. The standard InChI is InChI=1S/C20H18BrN3O3S/c1-27-15-7-6-11(9-14(15)21)8-12(10-22)19(26)24-20-17(18(23)25)13-4-2-3-5-16(13)28-20/h6-9H,2-5H2,1H3,(H2,23,25)(H,24,26). The molecule has 0 saturated heterocycles. The Hall–Kier alpha value is -2.63. The molecule has 144 valence electrons. The molecule has 0 aliphatic heterocycles. The lowest BCUT2D eigenvalue weighted by atomic mass is 9.95. The molecule has 0 fully saturated rings. The Kier molecular flexibility index (Phi) is 6.17. The zero-order valence-electron chi connectivity index (χ0n) is 15.2. The van der Waals surface area contributed by atoms with Crippen molar-refractivity contribution in [2.45, 2.75) is 25.7 Å². The number of nitrogens with one attached hydrogen (secondary N) is 1. The molecule has 0 radical (unpaired) electrons. The third-order valence-electron chi connectivity index (χ3n) is 4.50. The first-order chi connectivity index (χ1) is 13.4. The van der Waals surface area contributed by atoms with Gasteiger partial charge in [0.15, 0.2) is 0 Å². The van der Waals surface area contributed by atoms with Crippen molar-refractivity contribution in [2.24, 2.45) is 5.73 Å². The molecule has 3 rings (SSSR count). The van der Waals surface area contributed by atoms with E-state index in [0.717, 1.165) is 36.1 Å². The number of anilines is 1. The highest BCUT2D eigenvalue weighted by Gasteiger charge is 2.25. The van der Waals surface area contributed by atoms with E-state index in [1.165, 1.54) is 17.4 Å². The van der Waals surface area contributed by atoms with Crippen LogP contribution < -0.4 is 15.8 Å². The van der Waals surface area contributed by atoms with E-state index in [1.54, 1.807) is 25.3 Å². The zero-order valence-corrected chi connectivity index (χ0v) is 17.6. The van der Waals surface area contributed by atoms with Gasteiger partial charge in [-0.3, -0.25) is 9.59 Å². The van der Waals surface area contributed by atoms with Crippen LogP contribution in [0.15, 0.2) is 28.2 Å². The molecule has 8 heteroatoms. The number of amides is 2. The van der Waals surface area contributed by atoms with Crippen LogP contribution in [0.4, 0.5) is 5.00 Å². The minimum atomic E-state index is -0.574. The number of methoxy groups -OCH3 is 1. The number of carbonyl (C=O) groups is 2. The molecule has 1 aromatic heterocycles. The number of primary amides is 1. The molecule has 1 heterocycles. The summed E-state index contributed by atoms with van der Waals surface area (Å²) >= 11 is 4.75. The topological polar surface area (TPSA) is 105 Å². The molecule has 1 aromatic carbocycles. The van der Waals surface area contributed by atoms with Crippen LogP contribution in [0.1, 0.15) is 39.2 Å². The summed E-state index contributed by atoms with van der Waals surface area (Å²) in [5.74, 6) is -0.484. The van der Waals surface area contributed by atoms with Crippen LogP contribution in [0, 0.1) is 11.3 Å². The predicted octanol–water partition coefficient (Wildman–Crippen LogP) is 4.04. The molecule has 0 bridgehead atoms. The number of halogens is 1. The fourth-order valence-corrected chi connectivity index (χ4v) is 5.02. The van der Waals surface area contributed by atoms with E-state index >= 15 is 0 Å². The van der Waals surface area contributed by atoms with Gasteiger partial charge in [-0.25, -0.2) is 0 Å². The highest BCUT2D eigenvalue weighted by molar-refractivity contribution is 9.10. The monoisotopic (exact) mass is 459 g/mol. The molecule has 1 aliphatic rings. The minimum Gasteiger partial charge on any atom is -0.496 e. The molecule has 0 atom stereocenters. The number of hydrogen-bond acceptors (Lipinski definition) is 5. The van der Waals surface area contributed by atoms with Crippen molar-refractivity contribution in [2.75, 3.05) is 12.4 Å². The van der Waals surface area contributed by atoms with Crippen molar-refractivity contribution in [1.29, 1.82) is 5.26 Å². The van der Waals surface area contributed by atoms with Gasteiger partial charge in [0.2, 0.25) is 0 Å². The smallest absolute Gasteiger partial charge is 0.266 e. The van der Waals surface area contributed by atoms with Gasteiger partial charge in [-0.05, 0) is 70.9 Å². The Morgan fingerprint density at radius 3 is 2.75 bits per heavy atom. The van der Waals surface area contributed by atoms with Crippen molar-refractivity contribution in [3.8, 4) is 11.8 Å². The average molecular weight is 460 g/mol. The number of carbonyl (C=O) groups excluding carboxylic acids is 2. The van der Waals surface area contributed by atoms with Crippen LogP contribution in [0.5, 0.6) is 5.75 Å². The molecule has 6 nitrogen and oxygen atoms in total. The maximum absolute atomic E-state index is 12.7. The molecule has 2 aromatic rings. The molecule has 1 aliphatic carbocycles. The summed E-state index contributed by atoms with van der Waals surface area (Å²) in [5.41, 5.74) is 7.45. The van der Waals surface area contributed by atoms with Gasteiger partial charge in [0.25, 0.3) is 11.8 Å².